The predicted molar refractivity (Wildman–Crippen MR) is 209 cm³/mol. The Bertz CT molecular complexity index is 1820. The highest BCUT2D eigenvalue weighted by Gasteiger charge is 2.44. The van der Waals surface area contributed by atoms with Crippen LogP contribution in [0.25, 0.3) is 10.8 Å². The van der Waals surface area contributed by atoms with E-state index in [2.05, 4.69) is 57.0 Å². The molecule has 0 unspecified atom stereocenters. The summed E-state index contributed by atoms with van der Waals surface area (Å²) in [6.45, 7) is 0.592. The summed E-state index contributed by atoms with van der Waals surface area (Å²) < 4.78 is 0. The van der Waals surface area contributed by atoms with Gasteiger partial charge in [0.25, 0.3) is 0 Å². The summed E-state index contributed by atoms with van der Waals surface area (Å²) in [7, 11) is 0. The lowest BCUT2D eigenvalue weighted by molar-refractivity contribution is -0.131. The van der Waals surface area contributed by atoms with E-state index in [1.165, 1.54) is 17.2 Å². The summed E-state index contributed by atoms with van der Waals surface area (Å²) >= 11 is 0. The van der Waals surface area contributed by atoms with E-state index in [1.54, 1.807) is 0 Å². The van der Waals surface area contributed by atoms with E-state index in [-0.39, 0.29) is 54.3 Å². The number of aliphatic imine (C=N–C) groups is 1. The van der Waals surface area contributed by atoms with Gasteiger partial charge in [-0.1, -0.05) is 42.5 Å². The minimum absolute atomic E-state index is 0.0568. The normalized spacial score (nSPS) is 24.0. The lowest BCUT2D eigenvalue weighted by atomic mass is 9.58. The average molecular weight is 723 g/mol. The first-order valence-electron chi connectivity index (χ1n) is 19.2. The highest BCUT2D eigenvalue weighted by molar-refractivity contribution is 5.86. The Kier molecular flexibility index (Phi) is 12.8. The SMILES string of the molecule is NC1=NCC[C@H](/C(=C\C(=O)O)[C@@H](C[C@@H]2[C@@H]3c4cc5cc(CC=O)ccc5cc4C[C@H]2C=C[C@@H]3CC[C@H](N)CC[C@H](C=O)CCCO)Nc2ccc[nH]2)N1. The molecule has 1 aromatic heterocycles. The van der Waals surface area contributed by atoms with Gasteiger partial charge in [-0.15, -0.1) is 0 Å². The van der Waals surface area contributed by atoms with Gasteiger partial charge in [0.15, 0.2) is 5.96 Å². The Morgan fingerprint density at radius 2 is 1.94 bits per heavy atom. The van der Waals surface area contributed by atoms with Crippen LogP contribution in [0.3, 0.4) is 0 Å². The zero-order valence-corrected chi connectivity index (χ0v) is 30.3. The van der Waals surface area contributed by atoms with Crippen LogP contribution in [0.2, 0.25) is 0 Å². The van der Waals surface area contributed by atoms with Crippen LogP contribution in [0.5, 0.6) is 0 Å². The van der Waals surface area contributed by atoms with Crippen molar-refractivity contribution in [3.63, 3.8) is 0 Å². The lowest BCUT2D eigenvalue weighted by Gasteiger charge is -2.47. The fraction of sp³-hybridized carbons (Fsp3) is 0.476. The van der Waals surface area contributed by atoms with Crippen molar-refractivity contribution in [2.75, 3.05) is 18.5 Å². The lowest BCUT2D eigenvalue weighted by Crippen LogP contribution is -2.49. The predicted octanol–water partition coefficient (Wildman–Crippen LogP) is 5.00. The molecule has 0 saturated heterocycles. The number of allylic oxidation sites excluding steroid dienone is 2. The van der Waals surface area contributed by atoms with Gasteiger partial charge >= 0.3 is 5.97 Å². The third-order valence-electron chi connectivity index (χ3n) is 11.6. The standard InChI is InChI=1S/C42H54N6O5/c43-33(11-6-27(25-51)3-2-17-49)12-10-28-8-9-30-21-32-20-29-7-5-26(14-18-50)19-31(29)22-34(32)41(28)35(30)23-38(47-39-4-1-15-45-39)36(24-40(52)53)37-13-16-46-42(44)48-37/h1,4-5,7-9,15,18-20,22,24-25,27-28,30,33,35,37-38,41,45,47,49H,2-3,6,10-14,16-17,21,23,43H2,(H,52,53)(H3,44,46,48)/b36-24+/t27-,28-,30-,33-,35+,37-,38-,41+/m1/s1. The molecule has 8 atom stereocenters. The number of carbonyl (C=O) groups excluding carboxylic acids is 2. The van der Waals surface area contributed by atoms with Crippen molar-refractivity contribution in [3.8, 4) is 0 Å². The number of hydrogen-bond acceptors (Lipinski definition) is 9. The van der Waals surface area contributed by atoms with Gasteiger partial charge < -0.3 is 46.9 Å². The van der Waals surface area contributed by atoms with Crippen molar-refractivity contribution < 1.29 is 24.6 Å². The Morgan fingerprint density at radius 1 is 1.08 bits per heavy atom. The van der Waals surface area contributed by atoms with Crippen LogP contribution in [-0.2, 0) is 27.2 Å². The van der Waals surface area contributed by atoms with Crippen LogP contribution in [0.15, 0.2) is 77.5 Å². The first kappa shape index (κ1) is 38.0. The average Bonchev–Trinajstić information content (AvgIpc) is 3.66. The minimum atomic E-state index is -1.01. The third-order valence-corrected chi connectivity index (χ3v) is 11.6. The number of hydrogen-bond donors (Lipinski definition) is 7. The Hall–Kier alpha value is -4.74. The highest BCUT2D eigenvalue weighted by Crippen LogP contribution is 2.52. The molecule has 11 heteroatoms. The number of aliphatic carboxylic acids is 1. The zero-order chi connectivity index (χ0) is 37.3. The van der Waals surface area contributed by atoms with Crippen LogP contribution < -0.4 is 22.1 Å². The molecule has 3 aliphatic rings. The number of carbonyl (C=O) groups is 3. The minimum Gasteiger partial charge on any atom is -0.478 e. The molecule has 9 N–H and O–H groups in total. The maximum absolute atomic E-state index is 12.4. The molecule has 0 radical (unpaired) electrons. The fourth-order valence-electron chi connectivity index (χ4n) is 9.00. The summed E-state index contributed by atoms with van der Waals surface area (Å²) in [4.78, 5) is 43.0. The van der Waals surface area contributed by atoms with Gasteiger partial charge in [0.05, 0.1) is 12.1 Å². The van der Waals surface area contributed by atoms with E-state index >= 15 is 0 Å². The summed E-state index contributed by atoms with van der Waals surface area (Å²) in [5, 5.41) is 28.6. The van der Waals surface area contributed by atoms with Crippen LogP contribution in [0.1, 0.15) is 74.0 Å². The summed E-state index contributed by atoms with van der Waals surface area (Å²) in [6.07, 6.45) is 16.9. The van der Waals surface area contributed by atoms with Crippen molar-refractivity contribution in [2.45, 2.75) is 88.3 Å². The van der Waals surface area contributed by atoms with E-state index in [1.807, 2.05) is 24.4 Å². The number of nitrogens with zero attached hydrogens (tertiary/aromatic N) is 1. The van der Waals surface area contributed by atoms with Gasteiger partial charge in [-0.3, -0.25) is 4.99 Å². The number of aliphatic hydroxyl groups excluding tert-OH is 1. The van der Waals surface area contributed by atoms with Gasteiger partial charge in [-0.25, -0.2) is 4.79 Å². The topological polar surface area (TPSA) is 196 Å². The molecule has 1 aliphatic heterocycles. The van der Waals surface area contributed by atoms with Crippen molar-refractivity contribution in [1.82, 2.24) is 10.3 Å². The molecule has 0 amide bonds. The number of anilines is 1. The van der Waals surface area contributed by atoms with Crippen molar-refractivity contribution in [2.24, 2.45) is 40.1 Å². The number of fused-ring (bicyclic) bond motifs is 5. The third kappa shape index (κ3) is 9.44. The van der Waals surface area contributed by atoms with E-state index in [0.29, 0.717) is 51.0 Å². The number of benzene rings is 2. The fourth-order valence-corrected chi connectivity index (χ4v) is 9.00. The number of H-pyrrole nitrogens is 1. The van der Waals surface area contributed by atoms with Gasteiger partial charge in [0, 0.05) is 43.8 Å². The Labute approximate surface area is 311 Å². The first-order chi connectivity index (χ1) is 25.8. The second-order valence-corrected chi connectivity index (χ2v) is 15.1. The quantitative estimate of drug-likeness (QED) is 0.0506. The maximum Gasteiger partial charge on any atom is 0.328 e. The van der Waals surface area contributed by atoms with Gasteiger partial charge in [-0.2, -0.15) is 0 Å². The van der Waals surface area contributed by atoms with E-state index in [4.69, 9.17) is 11.5 Å². The highest BCUT2D eigenvalue weighted by atomic mass is 16.4. The Morgan fingerprint density at radius 3 is 2.68 bits per heavy atom. The molecule has 6 rings (SSSR count). The van der Waals surface area contributed by atoms with Gasteiger partial charge in [0.1, 0.15) is 18.4 Å². The van der Waals surface area contributed by atoms with E-state index in [0.717, 1.165) is 66.0 Å². The number of aldehydes is 2. The molecule has 11 nitrogen and oxygen atoms in total. The number of aliphatic hydroxyl groups is 1. The summed E-state index contributed by atoms with van der Waals surface area (Å²) in [6, 6.07) is 14.1. The number of aromatic amines is 1. The molecule has 2 aliphatic carbocycles. The number of rotatable bonds is 19. The number of carboxylic acids is 1. The number of carboxylic acid groups (broad SMARTS) is 1. The molecule has 2 aromatic carbocycles. The number of nitrogens with one attached hydrogen (secondary N) is 3. The smallest absolute Gasteiger partial charge is 0.328 e. The molecule has 2 heterocycles. The maximum atomic E-state index is 12.4. The molecule has 0 saturated carbocycles. The zero-order valence-electron chi connectivity index (χ0n) is 30.3. The number of aromatic nitrogens is 1. The van der Waals surface area contributed by atoms with E-state index < -0.39 is 5.97 Å². The molecule has 282 valence electrons. The van der Waals surface area contributed by atoms with Crippen LogP contribution in [-0.4, -0.2) is 71.0 Å². The monoisotopic (exact) mass is 722 g/mol. The van der Waals surface area contributed by atoms with Crippen molar-refractivity contribution in [1.29, 1.82) is 0 Å². The van der Waals surface area contributed by atoms with Crippen molar-refractivity contribution >= 4 is 41.1 Å². The molecule has 0 spiro atoms. The molecular weight excluding hydrogens is 668 g/mol. The first-order valence-corrected chi connectivity index (χ1v) is 19.2. The van der Waals surface area contributed by atoms with Crippen LogP contribution in [0, 0.1) is 23.7 Å². The summed E-state index contributed by atoms with van der Waals surface area (Å²) in [5.74, 6) is 0.799. The number of nitrogens with two attached hydrogens (primary N) is 2. The largest absolute Gasteiger partial charge is 0.478 e. The molecular formula is C42H54N6O5. The van der Waals surface area contributed by atoms with E-state index in [9.17, 15) is 24.6 Å². The molecule has 0 fully saturated rings. The van der Waals surface area contributed by atoms with Crippen LogP contribution in [0.4, 0.5) is 5.82 Å². The van der Waals surface area contributed by atoms with Gasteiger partial charge in [-0.05, 0) is 127 Å². The molecule has 53 heavy (non-hydrogen) atoms. The van der Waals surface area contributed by atoms with Crippen molar-refractivity contribution in [3.05, 3.63) is 89.2 Å². The summed E-state index contributed by atoms with van der Waals surface area (Å²) in [5.41, 5.74) is 17.2. The van der Waals surface area contributed by atoms with Crippen LogP contribution >= 0.6 is 0 Å². The number of guanidine groups is 1. The Balaban J connectivity index is 1.34. The molecule has 2 bridgehead atoms. The second kappa shape index (κ2) is 17.9. The molecule has 3 aromatic rings. The second-order valence-electron chi connectivity index (χ2n) is 15.1. The van der Waals surface area contributed by atoms with Gasteiger partial charge in [0.2, 0.25) is 0 Å².